The molecule has 2 amide bonds. The van der Waals surface area contributed by atoms with Gasteiger partial charge < -0.3 is 20.8 Å². The molecule has 0 heterocycles. The molecular formula is C36H70KMgN2O6. The van der Waals surface area contributed by atoms with Crippen LogP contribution in [0.3, 0.4) is 0 Å². The van der Waals surface area contributed by atoms with Crippen LogP contribution in [0.1, 0.15) is 194 Å². The number of carboxylic acids is 2. The molecule has 3 radical (unpaired) electrons. The van der Waals surface area contributed by atoms with Gasteiger partial charge in [-0.15, -0.1) is 0 Å². The van der Waals surface area contributed by atoms with Crippen molar-refractivity contribution in [1.29, 1.82) is 0 Å². The second kappa shape index (κ2) is 45.3. The van der Waals surface area contributed by atoms with Crippen LogP contribution in [0.25, 0.3) is 0 Å². The summed E-state index contributed by atoms with van der Waals surface area (Å²) in [4.78, 5) is 43.1. The Morgan fingerprint density at radius 1 is 0.391 bits per heavy atom. The molecule has 4 N–H and O–H groups in total. The summed E-state index contributed by atoms with van der Waals surface area (Å²) in [5.74, 6) is -2.27. The van der Waals surface area contributed by atoms with E-state index >= 15 is 0 Å². The van der Waals surface area contributed by atoms with Crippen molar-refractivity contribution < 1.29 is 29.4 Å². The van der Waals surface area contributed by atoms with Crippen molar-refractivity contribution in [3.05, 3.63) is 0 Å². The molecule has 0 atom stereocenters. The number of nitrogens with one attached hydrogen (secondary N) is 2. The van der Waals surface area contributed by atoms with Crippen molar-refractivity contribution >= 4 is 98.2 Å². The molecule has 0 rings (SSSR count). The fourth-order valence-electron chi connectivity index (χ4n) is 5.13. The summed E-state index contributed by atoms with van der Waals surface area (Å²) in [7, 11) is 0. The zero-order valence-electron chi connectivity index (χ0n) is 30.4. The van der Waals surface area contributed by atoms with E-state index in [1.54, 1.807) is 0 Å². The minimum Gasteiger partial charge on any atom is -0.480 e. The normalized spacial score (nSPS) is 10.1. The van der Waals surface area contributed by atoms with Gasteiger partial charge in [0.25, 0.3) is 0 Å². The van der Waals surface area contributed by atoms with E-state index in [0.29, 0.717) is 12.8 Å². The molecule has 0 fully saturated rings. The summed E-state index contributed by atoms with van der Waals surface area (Å²) in [6, 6.07) is 0. The molecule has 0 aromatic rings. The first-order chi connectivity index (χ1) is 21.3. The van der Waals surface area contributed by atoms with Gasteiger partial charge in [0.05, 0.1) is 0 Å². The molecule has 46 heavy (non-hydrogen) atoms. The van der Waals surface area contributed by atoms with Crippen LogP contribution in [0, 0.1) is 0 Å². The molecule has 0 aromatic carbocycles. The molecule has 263 valence electrons. The Balaban J connectivity index is -0.000000367. The second-order valence-electron chi connectivity index (χ2n) is 12.3. The van der Waals surface area contributed by atoms with Crippen molar-refractivity contribution in [3.8, 4) is 0 Å². The number of carboxylic acid groups (broad SMARTS) is 2. The van der Waals surface area contributed by atoms with Gasteiger partial charge in [-0.1, -0.05) is 168 Å². The maximum atomic E-state index is 11.3. The van der Waals surface area contributed by atoms with Gasteiger partial charge in [0.2, 0.25) is 11.8 Å². The molecule has 0 spiro atoms. The van der Waals surface area contributed by atoms with Crippen LogP contribution in [0.2, 0.25) is 0 Å². The molecule has 0 aliphatic carbocycles. The Morgan fingerprint density at radius 3 is 0.783 bits per heavy atom. The van der Waals surface area contributed by atoms with Crippen molar-refractivity contribution in [1.82, 2.24) is 10.6 Å². The van der Waals surface area contributed by atoms with Crippen LogP contribution in [-0.2, 0) is 19.2 Å². The van der Waals surface area contributed by atoms with Crippen LogP contribution in [0.15, 0.2) is 0 Å². The third-order valence-electron chi connectivity index (χ3n) is 7.89. The smallest absolute Gasteiger partial charge is 0.322 e. The summed E-state index contributed by atoms with van der Waals surface area (Å²) in [6.07, 6.45) is 34.2. The zero-order valence-corrected chi connectivity index (χ0v) is 35.0. The van der Waals surface area contributed by atoms with E-state index in [2.05, 4.69) is 24.5 Å². The fraction of sp³-hybridized carbons (Fsp3) is 0.889. The number of carbonyl (C=O) groups excluding carboxylic acids is 2. The van der Waals surface area contributed by atoms with Crippen LogP contribution in [0.5, 0.6) is 0 Å². The molecule has 10 heteroatoms. The standard InChI is InChI=1S/2C18H35NO3.K.Mg/c2*1-2-3-4-5-6-7-8-9-10-11-12-13-14-15-17(20)19-16-18(21)22;;/h2*2-16H2,1H3,(H,19,20)(H,21,22);;. The largest absolute Gasteiger partial charge is 0.480 e. The molecule has 0 saturated heterocycles. The van der Waals surface area contributed by atoms with E-state index in [1.165, 1.54) is 141 Å². The molecule has 0 aromatic heterocycles. The van der Waals surface area contributed by atoms with Crippen LogP contribution in [-0.4, -0.2) is 121 Å². The number of aliphatic carboxylic acids is 2. The molecule has 0 aliphatic heterocycles. The van der Waals surface area contributed by atoms with Gasteiger partial charge in [-0.3, -0.25) is 19.2 Å². The average molecular weight is 690 g/mol. The van der Waals surface area contributed by atoms with E-state index in [4.69, 9.17) is 10.2 Å². The maximum absolute atomic E-state index is 11.3. The number of carbonyl (C=O) groups is 4. The second-order valence-corrected chi connectivity index (χ2v) is 12.3. The van der Waals surface area contributed by atoms with Gasteiger partial charge in [-0.2, -0.15) is 0 Å². The molecule has 0 bridgehead atoms. The zero-order chi connectivity index (χ0) is 32.9. The molecule has 0 saturated carbocycles. The molecule has 0 unspecified atom stereocenters. The first-order valence-electron chi connectivity index (χ1n) is 18.3. The van der Waals surface area contributed by atoms with E-state index < -0.39 is 11.9 Å². The molecule has 8 nitrogen and oxygen atoms in total. The Labute approximate surface area is 341 Å². The molecule has 0 aliphatic rings. The van der Waals surface area contributed by atoms with Gasteiger partial charge in [0.15, 0.2) is 0 Å². The fourth-order valence-corrected chi connectivity index (χ4v) is 5.13. The predicted molar refractivity (Wildman–Crippen MR) is 193 cm³/mol. The number of amides is 2. The first kappa shape index (κ1) is 53.1. The third-order valence-corrected chi connectivity index (χ3v) is 7.89. The summed E-state index contributed by atoms with van der Waals surface area (Å²) in [6.45, 7) is 3.97. The van der Waals surface area contributed by atoms with Gasteiger partial charge in [-0.25, -0.2) is 0 Å². The summed E-state index contributed by atoms with van der Waals surface area (Å²) >= 11 is 0. The summed E-state index contributed by atoms with van der Waals surface area (Å²) in [5, 5.41) is 21.6. The van der Waals surface area contributed by atoms with Crippen molar-refractivity contribution in [2.24, 2.45) is 0 Å². The van der Waals surface area contributed by atoms with Gasteiger partial charge in [0, 0.05) is 87.3 Å². The third kappa shape index (κ3) is 51.1. The number of hydrogen-bond acceptors (Lipinski definition) is 4. The van der Waals surface area contributed by atoms with Crippen molar-refractivity contribution in [3.63, 3.8) is 0 Å². The van der Waals surface area contributed by atoms with Crippen molar-refractivity contribution in [2.75, 3.05) is 13.1 Å². The summed E-state index contributed by atoms with van der Waals surface area (Å²) < 4.78 is 0. The topological polar surface area (TPSA) is 133 Å². The average Bonchev–Trinajstić information content (AvgIpc) is 3.00. The number of unbranched alkanes of at least 4 members (excludes halogenated alkanes) is 24. The number of rotatable bonds is 32. The predicted octanol–water partition coefficient (Wildman–Crippen LogP) is 8.58. The molecular weight excluding hydrogens is 620 g/mol. The van der Waals surface area contributed by atoms with Gasteiger partial charge >= 0.3 is 11.9 Å². The van der Waals surface area contributed by atoms with Crippen LogP contribution in [0.4, 0.5) is 0 Å². The van der Waals surface area contributed by atoms with Crippen LogP contribution >= 0.6 is 0 Å². The SMILES string of the molecule is CCCCCCCCCCCCCCCC(=O)NCC(=O)O.CCCCCCCCCCCCCCCC(=O)NCC(=O)O.[K].[Mg]. The Hall–Kier alpha value is 0.283. The Morgan fingerprint density at radius 2 is 0.587 bits per heavy atom. The van der Waals surface area contributed by atoms with Gasteiger partial charge in [-0.05, 0) is 12.8 Å². The minimum absolute atomic E-state index is 0. The minimum atomic E-state index is -0.987. The van der Waals surface area contributed by atoms with Crippen molar-refractivity contribution in [2.45, 2.75) is 194 Å². The Bertz CT molecular complexity index is 629. The van der Waals surface area contributed by atoms with Gasteiger partial charge in [0.1, 0.15) is 13.1 Å². The van der Waals surface area contributed by atoms with Crippen LogP contribution < -0.4 is 10.6 Å². The van der Waals surface area contributed by atoms with E-state index in [9.17, 15) is 19.2 Å². The van der Waals surface area contributed by atoms with E-state index in [-0.39, 0.29) is 99.3 Å². The quantitative estimate of drug-likeness (QED) is 0.0413. The Kier molecular flexibility index (Phi) is 52.3. The van der Waals surface area contributed by atoms with E-state index in [1.807, 2.05) is 0 Å². The van der Waals surface area contributed by atoms with E-state index in [0.717, 1.165) is 25.7 Å². The maximum Gasteiger partial charge on any atom is 0.322 e. The monoisotopic (exact) mass is 689 g/mol. The first-order valence-corrected chi connectivity index (χ1v) is 18.3. The number of hydrogen-bond donors (Lipinski definition) is 4. The summed E-state index contributed by atoms with van der Waals surface area (Å²) in [5.41, 5.74) is 0.